The Morgan fingerprint density at radius 1 is 1.25 bits per heavy atom. The molecular weight excluding hydrogens is 328 g/mol. The summed E-state index contributed by atoms with van der Waals surface area (Å²) in [6.07, 6.45) is 1.64. The molecule has 132 valence electrons. The minimum Gasteiger partial charge on any atom is -0.354 e. The number of piperazine rings is 1. The van der Waals surface area contributed by atoms with Crippen LogP contribution in [0.25, 0.3) is 0 Å². The third-order valence-corrected chi connectivity index (χ3v) is 4.42. The average molecular weight is 353 g/mol. The first-order valence-corrected chi connectivity index (χ1v) is 8.63. The molecule has 2 rings (SSSR count). The average Bonchev–Trinajstić information content (AvgIpc) is 2.53. The highest BCUT2D eigenvalue weighted by Crippen LogP contribution is 2.16. The van der Waals surface area contributed by atoms with Crippen LogP contribution in [-0.2, 0) is 9.59 Å². The Morgan fingerprint density at radius 3 is 2.42 bits per heavy atom. The van der Waals surface area contributed by atoms with Gasteiger partial charge in [0.05, 0.1) is 17.6 Å². The van der Waals surface area contributed by atoms with E-state index in [4.69, 9.17) is 11.6 Å². The zero-order chi connectivity index (χ0) is 17.7. The van der Waals surface area contributed by atoms with E-state index in [1.807, 2.05) is 26.0 Å². The van der Waals surface area contributed by atoms with Gasteiger partial charge in [0.25, 0.3) is 0 Å². The summed E-state index contributed by atoms with van der Waals surface area (Å²) in [6, 6.07) is 3.33. The molecule has 1 amide bonds. The lowest BCUT2D eigenvalue weighted by molar-refractivity contribution is -0.128. The second-order valence-corrected chi connectivity index (χ2v) is 6.93. The van der Waals surface area contributed by atoms with E-state index in [0.29, 0.717) is 11.6 Å². The molecule has 1 aromatic rings. The summed E-state index contributed by atoms with van der Waals surface area (Å²) in [5, 5.41) is 3.47. The lowest BCUT2D eigenvalue weighted by atomic mass is 10.0. The zero-order valence-electron chi connectivity index (χ0n) is 14.5. The molecule has 2 heterocycles. The fraction of sp³-hybridized carbons (Fsp3) is 0.588. The van der Waals surface area contributed by atoms with Gasteiger partial charge in [-0.15, -0.1) is 0 Å². The number of Topliss-reactive ketones (excluding diaryl/α,β-unsaturated/α-hetero) is 1. The highest BCUT2D eigenvalue weighted by atomic mass is 35.5. The number of nitrogens with one attached hydrogen (secondary N) is 1. The monoisotopic (exact) mass is 352 g/mol. The Labute approximate surface area is 148 Å². The zero-order valence-corrected chi connectivity index (χ0v) is 15.2. The largest absolute Gasteiger partial charge is 0.354 e. The Hall–Kier alpha value is -1.66. The van der Waals surface area contributed by atoms with E-state index in [1.54, 1.807) is 6.20 Å². The molecule has 1 aliphatic rings. The number of hydrogen-bond acceptors (Lipinski definition) is 5. The van der Waals surface area contributed by atoms with Gasteiger partial charge in [-0.05, 0) is 25.0 Å². The normalized spacial score (nSPS) is 17.0. The van der Waals surface area contributed by atoms with Gasteiger partial charge in [-0.25, -0.2) is 4.98 Å². The van der Waals surface area contributed by atoms with Crippen LogP contribution in [0.3, 0.4) is 0 Å². The molecule has 6 nitrogen and oxygen atoms in total. The number of nitrogens with zero attached hydrogens (tertiary/aromatic N) is 3. The van der Waals surface area contributed by atoms with E-state index in [-0.39, 0.29) is 17.6 Å². The number of carbonyl (C=O) groups is 2. The van der Waals surface area contributed by atoms with E-state index in [1.165, 1.54) is 6.92 Å². The molecule has 1 fully saturated rings. The molecule has 0 saturated carbocycles. The first kappa shape index (κ1) is 18.7. The molecular formula is C17H25ClN4O2. The quantitative estimate of drug-likeness (QED) is 0.842. The molecule has 0 spiro atoms. The van der Waals surface area contributed by atoms with Crippen LogP contribution in [0.2, 0.25) is 5.02 Å². The minimum absolute atomic E-state index is 0.00279. The van der Waals surface area contributed by atoms with Crippen molar-refractivity contribution < 1.29 is 9.59 Å². The van der Waals surface area contributed by atoms with Gasteiger partial charge < -0.3 is 10.2 Å². The SMILES string of the molecule is CC(=O)C(NC(=O)CN1CCN(c2ccc(Cl)cn2)CC1)C(C)C. The third kappa shape index (κ3) is 5.18. The fourth-order valence-corrected chi connectivity index (χ4v) is 2.96. The Balaban J connectivity index is 1.81. The molecule has 1 saturated heterocycles. The number of aromatic nitrogens is 1. The number of ketones is 1. The topological polar surface area (TPSA) is 65.5 Å². The summed E-state index contributed by atoms with van der Waals surface area (Å²) < 4.78 is 0. The fourth-order valence-electron chi connectivity index (χ4n) is 2.85. The standard InChI is InChI=1S/C17H25ClN4O2/c1-12(2)17(13(3)23)20-16(24)11-21-6-8-22(9-7-21)15-5-4-14(18)10-19-15/h4-5,10,12,17H,6-9,11H2,1-3H3,(H,20,24). The van der Waals surface area contributed by atoms with Crippen molar-refractivity contribution in [2.75, 3.05) is 37.6 Å². The van der Waals surface area contributed by atoms with Gasteiger partial charge in [-0.2, -0.15) is 0 Å². The van der Waals surface area contributed by atoms with Crippen LogP contribution >= 0.6 is 11.6 Å². The van der Waals surface area contributed by atoms with Crippen LogP contribution in [0.15, 0.2) is 18.3 Å². The van der Waals surface area contributed by atoms with Crippen LogP contribution in [0.1, 0.15) is 20.8 Å². The number of hydrogen-bond donors (Lipinski definition) is 1. The van der Waals surface area contributed by atoms with E-state index in [2.05, 4.69) is 20.1 Å². The summed E-state index contributed by atoms with van der Waals surface area (Å²) in [4.78, 5) is 32.4. The van der Waals surface area contributed by atoms with Crippen molar-refractivity contribution in [3.63, 3.8) is 0 Å². The summed E-state index contributed by atoms with van der Waals surface area (Å²) in [6.45, 7) is 8.88. The van der Waals surface area contributed by atoms with Crippen molar-refractivity contribution in [2.24, 2.45) is 5.92 Å². The van der Waals surface area contributed by atoms with Crippen LogP contribution in [0, 0.1) is 5.92 Å². The van der Waals surface area contributed by atoms with Gasteiger partial charge in [-0.1, -0.05) is 25.4 Å². The number of halogens is 1. The number of amides is 1. The van der Waals surface area contributed by atoms with Gasteiger partial charge in [0, 0.05) is 32.4 Å². The predicted octanol–water partition coefficient (Wildman–Crippen LogP) is 1.59. The molecule has 0 aliphatic carbocycles. The maximum atomic E-state index is 12.2. The summed E-state index contributed by atoms with van der Waals surface area (Å²) in [5.74, 6) is 0.901. The predicted molar refractivity (Wildman–Crippen MR) is 95.3 cm³/mol. The van der Waals surface area contributed by atoms with E-state index in [0.717, 1.165) is 32.0 Å². The van der Waals surface area contributed by atoms with Crippen molar-refractivity contribution in [3.8, 4) is 0 Å². The highest BCUT2D eigenvalue weighted by Gasteiger charge is 2.23. The second kappa shape index (κ2) is 8.44. The van der Waals surface area contributed by atoms with Crippen LogP contribution in [0.5, 0.6) is 0 Å². The number of pyridine rings is 1. The Bertz CT molecular complexity index is 568. The Morgan fingerprint density at radius 2 is 1.92 bits per heavy atom. The first-order chi connectivity index (χ1) is 11.4. The lowest BCUT2D eigenvalue weighted by Crippen LogP contribution is -2.52. The summed E-state index contributed by atoms with van der Waals surface area (Å²) in [7, 11) is 0. The smallest absolute Gasteiger partial charge is 0.234 e. The molecule has 1 atom stereocenters. The highest BCUT2D eigenvalue weighted by molar-refractivity contribution is 6.30. The van der Waals surface area contributed by atoms with E-state index >= 15 is 0 Å². The van der Waals surface area contributed by atoms with Crippen molar-refractivity contribution in [3.05, 3.63) is 23.4 Å². The van der Waals surface area contributed by atoms with Gasteiger partial charge in [0.15, 0.2) is 5.78 Å². The first-order valence-electron chi connectivity index (χ1n) is 8.25. The number of carbonyl (C=O) groups excluding carboxylic acids is 2. The Kier molecular flexibility index (Phi) is 6.57. The number of anilines is 1. The van der Waals surface area contributed by atoms with Gasteiger partial charge in [0.1, 0.15) is 5.82 Å². The maximum Gasteiger partial charge on any atom is 0.234 e. The van der Waals surface area contributed by atoms with Gasteiger partial charge in [-0.3, -0.25) is 14.5 Å². The lowest BCUT2D eigenvalue weighted by Gasteiger charge is -2.35. The molecule has 1 unspecified atom stereocenters. The summed E-state index contributed by atoms with van der Waals surface area (Å²) >= 11 is 5.86. The van der Waals surface area contributed by atoms with Gasteiger partial charge >= 0.3 is 0 Å². The molecule has 1 aromatic heterocycles. The molecule has 7 heteroatoms. The molecule has 0 aromatic carbocycles. The molecule has 0 bridgehead atoms. The van der Waals surface area contributed by atoms with Crippen molar-refractivity contribution in [1.82, 2.24) is 15.2 Å². The van der Waals surface area contributed by atoms with Crippen LogP contribution < -0.4 is 10.2 Å². The molecule has 1 aliphatic heterocycles. The van der Waals surface area contributed by atoms with Gasteiger partial charge in [0.2, 0.25) is 5.91 Å². The van der Waals surface area contributed by atoms with Crippen molar-refractivity contribution >= 4 is 29.1 Å². The maximum absolute atomic E-state index is 12.2. The van der Waals surface area contributed by atoms with Crippen molar-refractivity contribution in [2.45, 2.75) is 26.8 Å². The summed E-state index contributed by atoms with van der Waals surface area (Å²) in [5.41, 5.74) is 0. The van der Waals surface area contributed by atoms with E-state index in [9.17, 15) is 9.59 Å². The molecule has 1 N–H and O–H groups in total. The minimum atomic E-state index is -0.406. The number of rotatable bonds is 6. The van der Waals surface area contributed by atoms with Crippen LogP contribution in [0.4, 0.5) is 5.82 Å². The second-order valence-electron chi connectivity index (χ2n) is 6.50. The molecule has 0 radical (unpaired) electrons. The van der Waals surface area contributed by atoms with Crippen LogP contribution in [-0.4, -0.2) is 60.3 Å². The third-order valence-electron chi connectivity index (χ3n) is 4.20. The van der Waals surface area contributed by atoms with E-state index < -0.39 is 6.04 Å². The molecule has 24 heavy (non-hydrogen) atoms. The van der Waals surface area contributed by atoms with Crippen molar-refractivity contribution in [1.29, 1.82) is 0 Å².